The van der Waals surface area contributed by atoms with Crippen molar-refractivity contribution in [3.05, 3.63) is 35.4 Å². The second kappa shape index (κ2) is 7.32. The lowest BCUT2D eigenvalue weighted by molar-refractivity contribution is -0.130. The second-order valence-corrected chi connectivity index (χ2v) is 6.14. The number of nitriles is 1. The first kappa shape index (κ1) is 14.9. The number of nitrogens with one attached hydrogen (secondary N) is 1. The fourth-order valence-electron chi connectivity index (χ4n) is 2.22. The summed E-state index contributed by atoms with van der Waals surface area (Å²) in [7, 11) is 1.82. The zero-order valence-electron chi connectivity index (χ0n) is 11.6. The van der Waals surface area contributed by atoms with Gasteiger partial charge in [-0.25, -0.2) is 0 Å². The van der Waals surface area contributed by atoms with Crippen molar-refractivity contribution in [2.24, 2.45) is 0 Å². The number of hydrogen-bond acceptors (Lipinski definition) is 4. The normalized spacial score (nSPS) is 18.3. The molecule has 1 aromatic carbocycles. The Kier molecular flexibility index (Phi) is 5.45. The molecule has 0 bridgehead atoms. The average Bonchev–Trinajstić information content (AvgIpc) is 2.48. The predicted molar refractivity (Wildman–Crippen MR) is 81.4 cm³/mol. The molecule has 5 heteroatoms. The second-order valence-electron chi connectivity index (χ2n) is 4.99. The van der Waals surface area contributed by atoms with Crippen LogP contribution in [0.25, 0.3) is 0 Å². The largest absolute Gasteiger partial charge is 0.341 e. The molecule has 1 atom stereocenters. The van der Waals surface area contributed by atoms with Crippen LogP contribution in [0.5, 0.6) is 0 Å². The predicted octanol–water partition coefficient (Wildman–Crippen LogP) is 1.61. The fourth-order valence-corrected chi connectivity index (χ4v) is 3.17. The highest BCUT2D eigenvalue weighted by atomic mass is 32.2. The van der Waals surface area contributed by atoms with Crippen LogP contribution in [0.3, 0.4) is 0 Å². The maximum atomic E-state index is 12.2. The summed E-state index contributed by atoms with van der Waals surface area (Å²) in [5, 5.41) is 12.3. The van der Waals surface area contributed by atoms with Gasteiger partial charge in [-0.05, 0) is 17.7 Å². The van der Waals surface area contributed by atoms with Gasteiger partial charge in [-0.2, -0.15) is 17.0 Å². The zero-order chi connectivity index (χ0) is 14.4. The molecule has 106 valence electrons. The molecule has 1 aromatic rings. The summed E-state index contributed by atoms with van der Waals surface area (Å²) in [6.45, 7) is 1.53. The van der Waals surface area contributed by atoms with Crippen LogP contribution in [0, 0.1) is 11.3 Å². The molecule has 0 spiro atoms. The lowest BCUT2D eigenvalue weighted by Gasteiger charge is -2.25. The molecule has 1 amide bonds. The standard InChI is InChI=1S/C15H19N3OS/c1-18(10-13-4-2-3-12(7-13)9-16)15(19)8-14-11-20-6-5-17-14/h2-4,7,14,17H,5-6,8,10-11H2,1H3. The number of rotatable bonds is 4. The van der Waals surface area contributed by atoms with Crippen molar-refractivity contribution in [3.8, 4) is 6.07 Å². The summed E-state index contributed by atoms with van der Waals surface area (Å²) < 4.78 is 0. The lowest BCUT2D eigenvalue weighted by atomic mass is 10.1. The van der Waals surface area contributed by atoms with E-state index in [4.69, 9.17) is 5.26 Å². The van der Waals surface area contributed by atoms with Gasteiger partial charge in [-0.15, -0.1) is 0 Å². The van der Waals surface area contributed by atoms with Gasteiger partial charge >= 0.3 is 0 Å². The molecule has 1 aliphatic heterocycles. The van der Waals surface area contributed by atoms with Crippen LogP contribution in [-0.2, 0) is 11.3 Å². The van der Waals surface area contributed by atoms with Crippen LogP contribution in [0.1, 0.15) is 17.5 Å². The first-order valence-corrected chi connectivity index (χ1v) is 7.88. The highest BCUT2D eigenvalue weighted by molar-refractivity contribution is 7.99. The van der Waals surface area contributed by atoms with Crippen molar-refractivity contribution in [2.75, 3.05) is 25.1 Å². The Morgan fingerprint density at radius 1 is 1.60 bits per heavy atom. The Morgan fingerprint density at radius 3 is 3.15 bits per heavy atom. The smallest absolute Gasteiger partial charge is 0.224 e. The van der Waals surface area contributed by atoms with E-state index in [2.05, 4.69) is 11.4 Å². The van der Waals surface area contributed by atoms with E-state index < -0.39 is 0 Å². The quantitative estimate of drug-likeness (QED) is 0.915. The maximum absolute atomic E-state index is 12.2. The molecule has 2 rings (SSSR count). The van der Waals surface area contributed by atoms with Gasteiger partial charge in [0, 0.05) is 44.1 Å². The first-order chi connectivity index (χ1) is 9.69. The third-order valence-corrected chi connectivity index (χ3v) is 4.45. The molecule has 0 saturated carbocycles. The number of nitrogens with zero attached hydrogens (tertiary/aromatic N) is 2. The molecule has 0 aliphatic carbocycles. The van der Waals surface area contributed by atoms with Gasteiger partial charge in [-0.3, -0.25) is 4.79 Å². The van der Waals surface area contributed by atoms with Crippen molar-refractivity contribution < 1.29 is 4.79 Å². The molecule has 1 unspecified atom stereocenters. The SMILES string of the molecule is CN(Cc1cccc(C#N)c1)C(=O)CC1CSCCN1. The average molecular weight is 289 g/mol. The van der Waals surface area contributed by atoms with E-state index in [9.17, 15) is 4.79 Å². The van der Waals surface area contributed by atoms with Crippen molar-refractivity contribution in [1.29, 1.82) is 5.26 Å². The van der Waals surface area contributed by atoms with E-state index in [-0.39, 0.29) is 11.9 Å². The summed E-state index contributed by atoms with van der Waals surface area (Å²) in [5.41, 5.74) is 1.62. The Balaban J connectivity index is 1.88. The Labute approximate surface area is 124 Å². The molecule has 0 aromatic heterocycles. The molecule has 20 heavy (non-hydrogen) atoms. The topological polar surface area (TPSA) is 56.1 Å². The van der Waals surface area contributed by atoms with Crippen molar-refractivity contribution in [2.45, 2.75) is 19.0 Å². The fraction of sp³-hybridized carbons (Fsp3) is 0.467. The van der Waals surface area contributed by atoms with Crippen LogP contribution in [0.2, 0.25) is 0 Å². The minimum atomic E-state index is 0.146. The zero-order valence-corrected chi connectivity index (χ0v) is 12.4. The highest BCUT2D eigenvalue weighted by Crippen LogP contribution is 2.13. The molecule has 4 nitrogen and oxygen atoms in total. The summed E-state index contributed by atoms with van der Waals surface area (Å²) in [6.07, 6.45) is 0.543. The third-order valence-electron chi connectivity index (χ3n) is 3.32. The molecule has 1 aliphatic rings. The van der Waals surface area contributed by atoms with Gasteiger partial charge in [0.05, 0.1) is 11.6 Å². The minimum Gasteiger partial charge on any atom is -0.341 e. The van der Waals surface area contributed by atoms with Crippen molar-refractivity contribution in [1.82, 2.24) is 10.2 Å². The first-order valence-electron chi connectivity index (χ1n) is 6.73. The van der Waals surface area contributed by atoms with E-state index in [1.54, 1.807) is 11.0 Å². The number of hydrogen-bond donors (Lipinski definition) is 1. The number of carbonyl (C=O) groups excluding carboxylic acids is 1. The van der Waals surface area contributed by atoms with Gasteiger partial charge in [-0.1, -0.05) is 12.1 Å². The molecule has 1 N–H and O–H groups in total. The number of benzene rings is 1. The van der Waals surface area contributed by atoms with Crippen molar-refractivity contribution >= 4 is 17.7 Å². The van der Waals surface area contributed by atoms with E-state index in [0.717, 1.165) is 23.6 Å². The van der Waals surface area contributed by atoms with E-state index in [0.29, 0.717) is 18.5 Å². The molecule has 1 saturated heterocycles. The van der Waals surface area contributed by atoms with Crippen LogP contribution in [0.15, 0.2) is 24.3 Å². The van der Waals surface area contributed by atoms with Crippen LogP contribution < -0.4 is 5.32 Å². The summed E-state index contributed by atoms with van der Waals surface area (Å²) in [5.74, 6) is 2.28. The number of carbonyl (C=O) groups is 1. The summed E-state index contributed by atoms with van der Waals surface area (Å²) >= 11 is 1.90. The van der Waals surface area contributed by atoms with E-state index in [1.165, 1.54) is 0 Å². The minimum absolute atomic E-state index is 0.146. The van der Waals surface area contributed by atoms with Gasteiger partial charge in [0.15, 0.2) is 0 Å². The van der Waals surface area contributed by atoms with Crippen LogP contribution >= 0.6 is 11.8 Å². The molecule has 1 fully saturated rings. The van der Waals surface area contributed by atoms with Crippen LogP contribution in [-0.4, -0.2) is 41.9 Å². The van der Waals surface area contributed by atoms with Gasteiger partial charge in [0.25, 0.3) is 0 Å². The van der Waals surface area contributed by atoms with E-state index >= 15 is 0 Å². The summed E-state index contributed by atoms with van der Waals surface area (Å²) in [6, 6.07) is 9.81. The van der Waals surface area contributed by atoms with Gasteiger partial charge < -0.3 is 10.2 Å². The molecule has 1 heterocycles. The van der Waals surface area contributed by atoms with Gasteiger partial charge in [0.1, 0.15) is 0 Å². The lowest BCUT2D eigenvalue weighted by Crippen LogP contribution is -2.41. The van der Waals surface area contributed by atoms with E-state index in [1.807, 2.05) is 37.0 Å². The highest BCUT2D eigenvalue weighted by Gasteiger charge is 2.19. The van der Waals surface area contributed by atoms with Crippen molar-refractivity contribution in [3.63, 3.8) is 0 Å². The Hall–Kier alpha value is -1.51. The summed E-state index contributed by atoms with van der Waals surface area (Å²) in [4.78, 5) is 13.9. The Bertz CT molecular complexity index is 506. The maximum Gasteiger partial charge on any atom is 0.224 e. The molecule has 0 radical (unpaired) electrons. The number of amides is 1. The van der Waals surface area contributed by atoms with Crippen LogP contribution in [0.4, 0.5) is 0 Å². The molecular weight excluding hydrogens is 270 g/mol. The Morgan fingerprint density at radius 2 is 2.45 bits per heavy atom. The monoisotopic (exact) mass is 289 g/mol. The number of thioether (sulfide) groups is 1. The van der Waals surface area contributed by atoms with Gasteiger partial charge in [0.2, 0.25) is 5.91 Å². The molecular formula is C15H19N3OS. The third kappa shape index (κ3) is 4.26.